The standard InChI is InChI=1S/C20H22N2O4/c1-14-10-16(8-9-19(14)24-2)18-11-17(26-22-18)12-21-20(23)25-13-15-6-4-3-5-7-15/h3-10,17H,11-13H2,1-2H3,(H,21,23). The molecule has 1 N–H and O–H groups in total. The highest BCUT2D eigenvalue weighted by molar-refractivity contribution is 6.01. The Morgan fingerprint density at radius 3 is 2.81 bits per heavy atom. The Hall–Kier alpha value is -3.02. The van der Waals surface area contributed by atoms with Crippen LogP contribution in [-0.4, -0.2) is 31.6 Å². The number of hydrogen-bond acceptors (Lipinski definition) is 5. The van der Waals surface area contributed by atoms with E-state index in [0.717, 1.165) is 28.2 Å². The molecule has 3 rings (SSSR count). The number of carbonyl (C=O) groups excluding carboxylic acids is 1. The second-order valence-electron chi connectivity index (χ2n) is 6.10. The molecule has 1 heterocycles. The zero-order valence-corrected chi connectivity index (χ0v) is 14.9. The molecule has 2 aromatic rings. The van der Waals surface area contributed by atoms with Crippen LogP contribution in [0, 0.1) is 6.92 Å². The lowest BCUT2D eigenvalue weighted by molar-refractivity contribution is 0.0797. The van der Waals surface area contributed by atoms with Gasteiger partial charge < -0.3 is 19.6 Å². The first kappa shape index (κ1) is 17.8. The largest absolute Gasteiger partial charge is 0.496 e. The molecule has 2 aromatic carbocycles. The van der Waals surface area contributed by atoms with E-state index in [0.29, 0.717) is 13.0 Å². The molecule has 1 atom stereocenters. The van der Waals surface area contributed by atoms with E-state index in [9.17, 15) is 4.79 Å². The fourth-order valence-corrected chi connectivity index (χ4v) is 2.74. The van der Waals surface area contributed by atoms with Crippen LogP contribution in [0.3, 0.4) is 0 Å². The first-order chi connectivity index (χ1) is 12.7. The van der Waals surface area contributed by atoms with Crippen molar-refractivity contribution in [3.8, 4) is 5.75 Å². The van der Waals surface area contributed by atoms with Crippen molar-refractivity contribution in [3.63, 3.8) is 0 Å². The van der Waals surface area contributed by atoms with Gasteiger partial charge in [0.2, 0.25) is 0 Å². The normalized spacial score (nSPS) is 15.8. The summed E-state index contributed by atoms with van der Waals surface area (Å²) in [4.78, 5) is 17.2. The SMILES string of the molecule is COc1ccc(C2=NOC(CNC(=O)OCc3ccccc3)C2)cc1C. The predicted molar refractivity (Wildman–Crippen MR) is 98.4 cm³/mol. The maximum absolute atomic E-state index is 11.8. The van der Waals surface area contributed by atoms with Crippen molar-refractivity contribution in [1.29, 1.82) is 0 Å². The third-order valence-corrected chi connectivity index (χ3v) is 4.15. The number of amides is 1. The summed E-state index contributed by atoms with van der Waals surface area (Å²) in [5.74, 6) is 0.840. The quantitative estimate of drug-likeness (QED) is 0.863. The Bertz CT molecular complexity index is 790. The molecular weight excluding hydrogens is 332 g/mol. The molecule has 0 aliphatic carbocycles. The molecule has 1 unspecified atom stereocenters. The van der Waals surface area contributed by atoms with E-state index in [4.69, 9.17) is 14.3 Å². The Morgan fingerprint density at radius 2 is 2.08 bits per heavy atom. The van der Waals surface area contributed by atoms with E-state index in [-0.39, 0.29) is 12.7 Å². The summed E-state index contributed by atoms with van der Waals surface area (Å²) in [6.07, 6.45) is -0.0343. The molecule has 26 heavy (non-hydrogen) atoms. The van der Waals surface area contributed by atoms with Gasteiger partial charge in [-0.25, -0.2) is 4.79 Å². The third kappa shape index (κ3) is 4.53. The van der Waals surface area contributed by atoms with Crippen LogP contribution in [0.1, 0.15) is 23.1 Å². The summed E-state index contributed by atoms with van der Waals surface area (Å²) < 4.78 is 10.5. The van der Waals surface area contributed by atoms with E-state index in [2.05, 4.69) is 10.5 Å². The van der Waals surface area contributed by atoms with Crippen molar-refractivity contribution < 1.29 is 19.1 Å². The molecule has 1 aliphatic rings. The minimum atomic E-state index is -0.466. The van der Waals surface area contributed by atoms with Gasteiger partial charge in [-0.1, -0.05) is 35.5 Å². The molecule has 0 bridgehead atoms. The van der Waals surface area contributed by atoms with E-state index in [1.165, 1.54) is 0 Å². The van der Waals surface area contributed by atoms with Gasteiger partial charge in [-0.05, 0) is 41.8 Å². The minimum absolute atomic E-state index is 0.198. The van der Waals surface area contributed by atoms with Gasteiger partial charge in [0.1, 0.15) is 12.4 Å². The number of benzene rings is 2. The van der Waals surface area contributed by atoms with Gasteiger partial charge in [-0.3, -0.25) is 0 Å². The Morgan fingerprint density at radius 1 is 1.27 bits per heavy atom. The lowest BCUT2D eigenvalue weighted by atomic mass is 10.0. The average molecular weight is 354 g/mol. The zero-order valence-electron chi connectivity index (χ0n) is 14.9. The molecule has 0 fully saturated rings. The fraction of sp³-hybridized carbons (Fsp3) is 0.300. The molecule has 136 valence electrons. The zero-order chi connectivity index (χ0) is 18.4. The number of nitrogens with one attached hydrogen (secondary N) is 1. The molecule has 0 aromatic heterocycles. The Kier molecular flexibility index (Phi) is 5.73. The summed E-state index contributed by atoms with van der Waals surface area (Å²) in [6.45, 7) is 2.57. The van der Waals surface area contributed by atoms with Gasteiger partial charge in [0.15, 0.2) is 6.10 Å². The molecule has 0 spiro atoms. The van der Waals surface area contributed by atoms with Gasteiger partial charge >= 0.3 is 6.09 Å². The van der Waals surface area contributed by atoms with Crippen molar-refractivity contribution in [1.82, 2.24) is 5.32 Å². The van der Waals surface area contributed by atoms with Gasteiger partial charge in [-0.15, -0.1) is 0 Å². The van der Waals surface area contributed by atoms with Gasteiger partial charge in [0.05, 0.1) is 19.4 Å². The molecule has 0 saturated heterocycles. The first-order valence-electron chi connectivity index (χ1n) is 8.48. The van der Waals surface area contributed by atoms with Crippen molar-refractivity contribution in [2.24, 2.45) is 5.16 Å². The molecule has 6 heteroatoms. The molecule has 0 saturated carbocycles. The second-order valence-corrected chi connectivity index (χ2v) is 6.10. The predicted octanol–water partition coefficient (Wildman–Crippen LogP) is 3.42. The highest BCUT2D eigenvalue weighted by Crippen LogP contribution is 2.22. The number of alkyl carbamates (subject to hydrolysis) is 1. The van der Waals surface area contributed by atoms with Crippen molar-refractivity contribution in [3.05, 3.63) is 65.2 Å². The lowest BCUT2D eigenvalue weighted by Crippen LogP contribution is -2.32. The summed E-state index contributed by atoms with van der Waals surface area (Å²) >= 11 is 0. The van der Waals surface area contributed by atoms with Crippen LogP contribution in [0.15, 0.2) is 53.7 Å². The summed E-state index contributed by atoms with van der Waals surface area (Å²) in [5, 5.41) is 6.86. The van der Waals surface area contributed by atoms with E-state index in [1.807, 2.05) is 55.5 Å². The van der Waals surface area contributed by atoms with Crippen molar-refractivity contribution >= 4 is 11.8 Å². The molecular formula is C20H22N2O4. The third-order valence-electron chi connectivity index (χ3n) is 4.15. The number of rotatable bonds is 6. The molecule has 1 aliphatic heterocycles. The minimum Gasteiger partial charge on any atom is -0.496 e. The topological polar surface area (TPSA) is 69.2 Å². The Balaban J connectivity index is 1.44. The summed E-state index contributed by atoms with van der Waals surface area (Å²) in [7, 11) is 1.65. The number of aryl methyl sites for hydroxylation is 1. The maximum atomic E-state index is 11.8. The van der Waals surface area contributed by atoms with Crippen LogP contribution < -0.4 is 10.1 Å². The number of oxime groups is 1. The maximum Gasteiger partial charge on any atom is 0.407 e. The van der Waals surface area contributed by atoms with Gasteiger partial charge in [0.25, 0.3) is 0 Å². The first-order valence-corrected chi connectivity index (χ1v) is 8.48. The van der Waals surface area contributed by atoms with E-state index < -0.39 is 6.09 Å². The van der Waals surface area contributed by atoms with Gasteiger partial charge in [0, 0.05) is 6.42 Å². The van der Waals surface area contributed by atoms with Crippen molar-refractivity contribution in [2.75, 3.05) is 13.7 Å². The molecule has 0 radical (unpaired) electrons. The smallest absolute Gasteiger partial charge is 0.407 e. The highest BCUT2D eigenvalue weighted by atomic mass is 16.6. The van der Waals surface area contributed by atoms with E-state index in [1.54, 1.807) is 7.11 Å². The van der Waals surface area contributed by atoms with Crippen LogP contribution in [0.4, 0.5) is 4.79 Å². The van der Waals surface area contributed by atoms with Crippen molar-refractivity contribution in [2.45, 2.75) is 26.1 Å². The van der Waals surface area contributed by atoms with E-state index >= 15 is 0 Å². The number of ether oxygens (including phenoxy) is 2. The van der Waals surface area contributed by atoms with Crippen LogP contribution in [0.25, 0.3) is 0 Å². The average Bonchev–Trinajstić information content (AvgIpc) is 3.14. The number of carbonyl (C=O) groups is 1. The molecule has 6 nitrogen and oxygen atoms in total. The van der Waals surface area contributed by atoms with Crippen LogP contribution in [-0.2, 0) is 16.2 Å². The number of methoxy groups -OCH3 is 1. The number of nitrogens with zero attached hydrogens (tertiary/aromatic N) is 1. The van der Waals surface area contributed by atoms with Crippen LogP contribution in [0.2, 0.25) is 0 Å². The summed E-state index contributed by atoms with van der Waals surface area (Å²) in [6, 6.07) is 15.4. The highest BCUT2D eigenvalue weighted by Gasteiger charge is 2.23. The van der Waals surface area contributed by atoms with Crippen LogP contribution >= 0.6 is 0 Å². The molecule has 1 amide bonds. The Labute approximate surface area is 152 Å². The number of hydrogen-bond donors (Lipinski definition) is 1. The van der Waals surface area contributed by atoms with Gasteiger partial charge in [-0.2, -0.15) is 0 Å². The lowest BCUT2D eigenvalue weighted by Gasteiger charge is -2.10. The second kappa shape index (κ2) is 8.38. The fourth-order valence-electron chi connectivity index (χ4n) is 2.74. The monoisotopic (exact) mass is 354 g/mol. The summed E-state index contributed by atoms with van der Waals surface area (Å²) in [5.41, 5.74) is 3.84. The van der Waals surface area contributed by atoms with Crippen LogP contribution in [0.5, 0.6) is 5.75 Å².